The van der Waals surface area contributed by atoms with Crippen molar-refractivity contribution in [3.05, 3.63) is 91.4 Å². The number of nitro benzene ring substituents is 1. The van der Waals surface area contributed by atoms with E-state index in [9.17, 15) is 25.0 Å². The number of Topliss-reactive ketones (excluding diaryl/α,β-unsaturated/α-hetero) is 1. The molecule has 0 bridgehead atoms. The molecule has 2 aromatic carbocycles. The summed E-state index contributed by atoms with van der Waals surface area (Å²) in [5.41, 5.74) is 10.1. The van der Waals surface area contributed by atoms with Crippen LogP contribution >= 0.6 is 34.7 Å². The number of amides is 1. The van der Waals surface area contributed by atoms with E-state index in [1.165, 1.54) is 29.5 Å². The summed E-state index contributed by atoms with van der Waals surface area (Å²) in [6.07, 6.45) is 1.60. The van der Waals surface area contributed by atoms with Gasteiger partial charge in [-0.15, -0.1) is 10.2 Å². The van der Waals surface area contributed by atoms with Gasteiger partial charge in [0.15, 0.2) is 10.1 Å². The van der Waals surface area contributed by atoms with Crippen molar-refractivity contribution in [1.82, 2.24) is 10.2 Å². The lowest BCUT2D eigenvalue weighted by Gasteiger charge is -2.38. The van der Waals surface area contributed by atoms with Crippen molar-refractivity contribution in [3.63, 3.8) is 0 Å². The van der Waals surface area contributed by atoms with Crippen molar-refractivity contribution < 1.29 is 14.5 Å². The number of thioether (sulfide) groups is 1. The average molecular weight is 636 g/mol. The second kappa shape index (κ2) is 12.5. The molecule has 1 unspecified atom stereocenters. The number of hydrogen-bond acceptors (Lipinski definition) is 11. The van der Waals surface area contributed by atoms with E-state index in [4.69, 9.17) is 17.3 Å². The number of aromatic nitrogens is 2. The lowest BCUT2D eigenvalue weighted by Crippen LogP contribution is -2.38. The number of allylic oxidation sites excluding steroid dienone is 3. The maximum Gasteiger partial charge on any atom is 0.271 e. The van der Waals surface area contributed by atoms with Gasteiger partial charge in [0.05, 0.1) is 38.9 Å². The third-order valence-electron chi connectivity index (χ3n) is 7.20. The first kappa shape index (κ1) is 30.2. The molecule has 1 amide bonds. The van der Waals surface area contributed by atoms with Crippen LogP contribution in [0.1, 0.15) is 56.1 Å². The van der Waals surface area contributed by atoms with Crippen molar-refractivity contribution in [1.29, 1.82) is 5.26 Å². The number of nitrogens with zero attached hydrogens (tertiary/aromatic N) is 5. The fourth-order valence-corrected chi connectivity index (χ4v) is 6.94. The Morgan fingerprint density at radius 1 is 1.28 bits per heavy atom. The first-order valence-corrected chi connectivity index (χ1v) is 15.5. The van der Waals surface area contributed by atoms with Crippen LogP contribution in [-0.4, -0.2) is 32.6 Å². The third-order valence-corrected chi connectivity index (χ3v) is 9.57. The highest BCUT2D eigenvalue weighted by Gasteiger charge is 2.41. The number of carbonyl (C=O) groups is 2. The summed E-state index contributed by atoms with van der Waals surface area (Å²) in [7, 11) is 0. The first-order chi connectivity index (χ1) is 20.6. The topological polar surface area (TPSA) is 168 Å². The fourth-order valence-electron chi connectivity index (χ4n) is 5.10. The molecule has 5 rings (SSSR count). The molecule has 0 radical (unpaired) electrons. The normalized spacial score (nSPS) is 16.8. The highest BCUT2D eigenvalue weighted by Crippen LogP contribution is 2.47. The maximum atomic E-state index is 13.4. The lowest BCUT2D eigenvalue weighted by atomic mass is 9.75. The lowest BCUT2D eigenvalue weighted by molar-refractivity contribution is -0.384. The van der Waals surface area contributed by atoms with Crippen LogP contribution < -0.4 is 16.0 Å². The van der Waals surface area contributed by atoms with Crippen molar-refractivity contribution in [2.75, 3.05) is 16.0 Å². The van der Waals surface area contributed by atoms with E-state index in [1.54, 1.807) is 4.90 Å². The second-order valence-electron chi connectivity index (χ2n) is 10.2. The minimum atomic E-state index is -0.576. The number of nitrogens with one attached hydrogen (secondary N) is 1. The summed E-state index contributed by atoms with van der Waals surface area (Å²) in [6, 6.07) is 14.0. The smallest absolute Gasteiger partial charge is 0.271 e. The molecular weight excluding hydrogens is 610 g/mol. The van der Waals surface area contributed by atoms with Gasteiger partial charge in [0.25, 0.3) is 5.69 Å². The molecule has 3 N–H and O–H groups in total. The van der Waals surface area contributed by atoms with Gasteiger partial charge < -0.3 is 11.1 Å². The second-order valence-corrected chi connectivity index (χ2v) is 12.8. The van der Waals surface area contributed by atoms with Crippen molar-refractivity contribution in [2.24, 2.45) is 5.73 Å². The fraction of sp³-hybridized carbons (Fsp3) is 0.276. The van der Waals surface area contributed by atoms with Gasteiger partial charge in [-0.3, -0.25) is 24.6 Å². The van der Waals surface area contributed by atoms with Crippen molar-refractivity contribution in [3.8, 4) is 6.07 Å². The molecule has 0 saturated heterocycles. The van der Waals surface area contributed by atoms with Gasteiger partial charge in [-0.2, -0.15) is 5.26 Å². The molecule has 11 nitrogen and oxygen atoms in total. The summed E-state index contributed by atoms with van der Waals surface area (Å²) in [6.45, 7) is 4.21. The molecule has 1 aromatic heterocycles. The first-order valence-electron chi connectivity index (χ1n) is 13.3. The Bertz CT molecular complexity index is 1730. The SMILES string of the molecule is CC(C)c1ccc(C2C(C#N)=C(N)N(c3nnc(SCC(=O)Nc4cc([N+](=O)[O-])ccc4Cl)s3)C3=C2C(=O)CCC3)cc1. The van der Waals surface area contributed by atoms with E-state index >= 15 is 0 Å². The Kier molecular flexibility index (Phi) is 8.82. The minimum Gasteiger partial charge on any atom is -0.384 e. The maximum absolute atomic E-state index is 13.4. The number of ketones is 1. The minimum absolute atomic E-state index is 0.0277. The zero-order valence-corrected chi connectivity index (χ0v) is 25.6. The van der Waals surface area contributed by atoms with Crippen LogP contribution in [0.15, 0.2) is 69.5 Å². The molecule has 2 heterocycles. The Morgan fingerprint density at radius 3 is 2.70 bits per heavy atom. The Balaban J connectivity index is 1.40. The number of nitro groups is 1. The largest absolute Gasteiger partial charge is 0.384 e. The molecule has 43 heavy (non-hydrogen) atoms. The van der Waals surface area contributed by atoms with Gasteiger partial charge in [0, 0.05) is 29.8 Å². The third kappa shape index (κ3) is 6.13. The van der Waals surface area contributed by atoms with Crippen molar-refractivity contribution in [2.45, 2.75) is 49.3 Å². The van der Waals surface area contributed by atoms with Crippen LogP contribution in [0.3, 0.4) is 0 Å². The van der Waals surface area contributed by atoms with E-state index < -0.39 is 16.7 Å². The molecule has 3 aromatic rings. The zero-order chi connectivity index (χ0) is 30.8. The van der Waals surface area contributed by atoms with Gasteiger partial charge in [0.2, 0.25) is 11.0 Å². The Labute approximate surface area is 260 Å². The quantitative estimate of drug-likeness (QED) is 0.164. The van der Waals surface area contributed by atoms with E-state index in [0.717, 1.165) is 22.9 Å². The average Bonchev–Trinajstić information content (AvgIpc) is 3.45. The van der Waals surface area contributed by atoms with E-state index in [1.807, 2.05) is 24.3 Å². The molecule has 0 spiro atoms. The number of hydrogen-bond donors (Lipinski definition) is 2. The summed E-state index contributed by atoms with van der Waals surface area (Å²) in [5, 5.41) is 32.9. The summed E-state index contributed by atoms with van der Waals surface area (Å²) >= 11 is 8.37. The molecular formula is C29H26ClN7O4S2. The summed E-state index contributed by atoms with van der Waals surface area (Å²) in [5.74, 6) is -0.576. The molecule has 1 aliphatic carbocycles. The highest BCUT2D eigenvalue weighted by atomic mass is 35.5. The van der Waals surface area contributed by atoms with Crippen LogP contribution in [0.2, 0.25) is 5.02 Å². The molecule has 14 heteroatoms. The highest BCUT2D eigenvalue weighted by molar-refractivity contribution is 8.01. The van der Waals surface area contributed by atoms with Crippen LogP contribution in [0.25, 0.3) is 0 Å². The zero-order valence-electron chi connectivity index (χ0n) is 23.2. The van der Waals surface area contributed by atoms with E-state index in [-0.39, 0.29) is 39.3 Å². The number of anilines is 2. The predicted octanol–water partition coefficient (Wildman–Crippen LogP) is 6.26. The number of nitriles is 1. The summed E-state index contributed by atoms with van der Waals surface area (Å²) < 4.78 is 0.456. The molecule has 2 aliphatic rings. The number of benzene rings is 2. The van der Waals surface area contributed by atoms with Gasteiger partial charge in [0.1, 0.15) is 5.82 Å². The number of rotatable bonds is 8. The Morgan fingerprint density at radius 2 is 2.02 bits per heavy atom. The van der Waals surface area contributed by atoms with E-state index in [0.29, 0.717) is 45.9 Å². The van der Waals surface area contributed by atoms with Gasteiger partial charge in [-0.05, 0) is 36.0 Å². The summed E-state index contributed by atoms with van der Waals surface area (Å²) in [4.78, 5) is 38.1. The molecule has 1 aliphatic heterocycles. The standard InChI is InChI=1S/C29H26ClN7O4S2/c1-15(2)16-6-8-17(9-7-16)25-19(13-31)27(32)36(22-4-3-5-23(38)26(22)25)28-34-35-29(43-28)42-14-24(39)33-21-12-18(37(40)41)10-11-20(21)30/h6-12,15,25H,3-5,14,32H2,1-2H3,(H,33,39). The van der Waals surface area contributed by atoms with Gasteiger partial charge >= 0.3 is 0 Å². The molecule has 0 saturated carbocycles. The van der Waals surface area contributed by atoms with Gasteiger partial charge in [-0.25, -0.2) is 0 Å². The van der Waals surface area contributed by atoms with Crippen LogP contribution in [0, 0.1) is 21.4 Å². The Hall–Kier alpha value is -4.25. The number of halogens is 1. The predicted molar refractivity (Wildman–Crippen MR) is 166 cm³/mol. The molecule has 220 valence electrons. The number of nitrogens with two attached hydrogens (primary N) is 1. The number of carbonyl (C=O) groups excluding carboxylic acids is 2. The molecule has 1 atom stereocenters. The molecule has 0 fully saturated rings. The van der Waals surface area contributed by atoms with Crippen LogP contribution in [0.5, 0.6) is 0 Å². The number of non-ortho nitro benzene ring substituents is 1. The monoisotopic (exact) mass is 635 g/mol. The van der Waals surface area contributed by atoms with Crippen LogP contribution in [0.4, 0.5) is 16.5 Å². The van der Waals surface area contributed by atoms with Gasteiger partial charge in [-0.1, -0.05) is 72.8 Å². The van der Waals surface area contributed by atoms with Crippen molar-refractivity contribution >= 4 is 62.9 Å². The van der Waals surface area contributed by atoms with Crippen LogP contribution in [-0.2, 0) is 9.59 Å². The van der Waals surface area contributed by atoms with E-state index in [2.05, 4.69) is 35.4 Å².